The summed E-state index contributed by atoms with van der Waals surface area (Å²) in [6.45, 7) is 6.43. The molecule has 6 aromatic heterocycles. The Morgan fingerprint density at radius 3 is 1.48 bits per heavy atom. The summed E-state index contributed by atoms with van der Waals surface area (Å²) in [6.07, 6.45) is 9.31. The van der Waals surface area contributed by atoms with Crippen molar-refractivity contribution in [2.24, 2.45) is 0 Å². The minimum Gasteiger partial charge on any atom is -0.479 e. The topological polar surface area (TPSA) is 262 Å². The molecule has 21 nitrogen and oxygen atoms in total. The van der Waals surface area contributed by atoms with Gasteiger partial charge in [-0.25, -0.2) is 24.7 Å². The lowest BCUT2D eigenvalue weighted by Crippen LogP contribution is -2.52. The minimum atomic E-state index is -0.831. The maximum absolute atomic E-state index is 13.2. The summed E-state index contributed by atoms with van der Waals surface area (Å²) in [5, 5.41) is 19.9. The van der Waals surface area contributed by atoms with Gasteiger partial charge in [-0.2, -0.15) is 0 Å². The molecule has 3 amide bonds. The number of aromatic nitrogens is 8. The SMILES string of the molecule is O=C(O)C1CCCO1.O=C(c1cc2cc(Nc3nccc(-c4ccccn4)n3)ccc2[nH]1)N1CCN(C(=O)C2CCCO2)CC1.O=C(c1cc2cc(Nc3nccc(-c4ccccn4)n3)ccc2[nH]1)N1CCNCC1. The van der Waals surface area contributed by atoms with E-state index in [1.165, 1.54) is 0 Å². The first-order valence-electron chi connectivity index (χ1n) is 25.0. The van der Waals surface area contributed by atoms with Crippen molar-refractivity contribution in [3.05, 3.63) is 133 Å². The van der Waals surface area contributed by atoms with Gasteiger partial charge in [0.2, 0.25) is 11.9 Å². The lowest BCUT2D eigenvalue weighted by atomic mass is 10.2. The van der Waals surface area contributed by atoms with Gasteiger partial charge in [-0.15, -0.1) is 0 Å². The van der Waals surface area contributed by atoms with Crippen LogP contribution >= 0.6 is 0 Å². The van der Waals surface area contributed by atoms with E-state index in [2.05, 4.69) is 55.8 Å². The van der Waals surface area contributed by atoms with Crippen molar-refractivity contribution in [2.75, 3.05) is 76.2 Å². The Labute approximate surface area is 431 Å². The Hall–Kier alpha value is -8.66. The molecular weight excluding hydrogens is 957 g/mol. The van der Waals surface area contributed by atoms with Crippen molar-refractivity contribution in [3.8, 4) is 22.8 Å². The number of carboxylic acid groups (broad SMARTS) is 1. The molecule has 0 aliphatic carbocycles. The molecule has 6 N–H and O–H groups in total. The molecule has 2 unspecified atom stereocenters. The van der Waals surface area contributed by atoms with Crippen molar-refractivity contribution >= 4 is 68.8 Å². The molecule has 384 valence electrons. The number of fused-ring (bicyclic) bond motifs is 2. The number of benzene rings is 2. The first-order valence-corrected chi connectivity index (χ1v) is 25.0. The van der Waals surface area contributed by atoms with E-state index in [-0.39, 0.29) is 23.8 Å². The predicted molar refractivity (Wildman–Crippen MR) is 281 cm³/mol. The van der Waals surface area contributed by atoms with Crippen LogP contribution in [0.5, 0.6) is 0 Å². The number of amides is 3. The van der Waals surface area contributed by atoms with Crippen LogP contribution in [0.25, 0.3) is 44.6 Å². The Kier molecular flexibility index (Phi) is 15.6. The molecule has 0 saturated carbocycles. The van der Waals surface area contributed by atoms with E-state index in [1.54, 1.807) is 29.7 Å². The first kappa shape index (κ1) is 49.9. The number of aliphatic carboxylic acids is 1. The quantitative estimate of drug-likeness (QED) is 0.0880. The molecule has 75 heavy (non-hydrogen) atoms. The Morgan fingerprint density at radius 2 is 1.03 bits per heavy atom. The van der Waals surface area contributed by atoms with E-state index in [9.17, 15) is 19.2 Å². The Balaban J connectivity index is 0.000000151. The molecule has 0 radical (unpaired) electrons. The van der Waals surface area contributed by atoms with Crippen LogP contribution in [-0.2, 0) is 19.1 Å². The fourth-order valence-electron chi connectivity index (χ4n) is 9.15. The molecule has 8 aromatic rings. The number of ether oxygens (including phenoxy) is 2. The van der Waals surface area contributed by atoms with Gasteiger partial charge >= 0.3 is 5.97 Å². The number of aromatic amines is 2. The molecule has 4 saturated heterocycles. The van der Waals surface area contributed by atoms with Gasteiger partial charge < -0.3 is 55.2 Å². The minimum absolute atomic E-state index is 0.0357. The number of piperazine rings is 2. The highest BCUT2D eigenvalue weighted by Gasteiger charge is 2.32. The molecule has 0 bridgehead atoms. The average Bonchev–Trinajstić information content (AvgIpc) is 4.33. The second-order valence-electron chi connectivity index (χ2n) is 18.2. The summed E-state index contributed by atoms with van der Waals surface area (Å²) in [5.41, 5.74) is 7.62. The number of carbonyl (C=O) groups is 4. The van der Waals surface area contributed by atoms with Gasteiger partial charge in [0.1, 0.15) is 17.5 Å². The number of nitrogens with one attached hydrogen (secondary N) is 5. The molecular formula is C54H56N14O7. The second kappa shape index (κ2) is 23.5. The van der Waals surface area contributed by atoms with Crippen LogP contribution in [0.2, 0.25) is 0 Å². The average molecular weight is 1010 g/mol. The first-order chi connectivity index (χ1) is 36.7. The monoisotopic (exact) mass is 1010 g/mol. The van der Waals surface area contributed by atoms with Crippen molar-refractivity contribution in [1.29, 1.82) is 0 Å². The predicted octanol–water partition coefficient (Wildman–Crippen LogP) is 6.29. The molecule has 21 heteroatoms. The number of pyridine rings is 2. The molecule has 10 heterocycles. The smallest absolute Gasteiger partial charge is 0.332 e. The summed E-state index contributed by atoms with van der Waals surface area (Å²) in [6, 6.07) is 30.5. The van der Waals surface area contributed by atoms with Crippen LogP contribution in [0.15, 0.2) is 122 Å². The highest BCUT2D eigenvalue weighted by molar-refractivity contribution is 6.00. The zero-order chi connectivity index (χ0) is 51.5. The van der Waals surface area contributed by atoms with Gasteiger partial charge in [0.15, 0.2) is 6.10 Å². The van der Waals surface area contributed by atoms with Crippen molar-refractivity contribution in [3.63, 3.8) is 0 Å². The summed E-state index contributed by atoms with van der Waals surface area (Å²) in [5.74, 6) is 0.136. The summed E-state index contributed by atoms with van der Waals surface area (Å²) >= 11 is 0. The number of carboxylic acids is 1. The number of hydrogen-bond donors (Lipinski definition) is 6. The zero-order valence-electron chi connectivity index (χ0n) is 41.0. The molecule has 2 atom stereocenters. The van der Waals surface area contributed by atoms with Gasteiger partial charge in [0, 0.05) is 124 Å². The van der Waals surface area contributed by atoms with Gasteiger partial charge in [-0.1, -0.05) is 12.1 Å². The lowest BCUT2D eigenvalue weighted by molar-refractivity contribution is -0.147. The van der Waals surface area contributed by atoms with E-state index in [0.29, 0.717) is 69.1 Å². The molecule has 4 fully saturated rings. The number of H-pyrrole nitrogens is 2. The van der Waals surface area contributed by atoms with Crippen LogP contribution in [-0.4, -0.2) is 161 Å². The van der Waals surface area contributed by atoms with Gasteiger partial charge in [-0.05, 0) is 111 Å². The number of anilines is 4. The summed E-state index contributed by atoms with van der Waals surface area (Å²) in [7, 11) is 0. The molecule has 2 aromatic carbocycles. The third-order valence-corrected chi connectivity index (χ3v) is 13.1. The van der Waals surface area contributed by atoms with E-state index in [1.807, 2.05) is 107 Å². The van der Waals surface area contributed by atoms with Crippen LogP contribution in [0, 0.1) is 0 Å². The summed E-state index contributed by atoms with van der Waals surface area (Å²) in [4.78, 5) is 87.0. The molecule has 0 spiro atoms. The van der Waals surface area contributed by atoms with Gasteiger partial charge in [0.25, 0.3) is 17.7 Å². The van der Waals surface area contributed by atoms with E-state index >= 15 is 0 Å². The Morgan fingerprint density at radius 1 is 0.533 bits per heavy atom. The van der Waals surface area contributed by atoms with Crippen LogP contribution in [0.1, 0.15) is 46.7 Å². The third kappa shape index (κ3) is 12.4. The fourth-order valence-corrected chi connectivity index (χ4v) is 9.15. The van der Waals surface area contributed by atoms with Crippen molar-refractivity contribution in [2.45, 2.75) is 37.9 Å². The maximum atomic E-state index is 13.2. The van der Waals surface area contributed by atoms with Crippen LogP contribution < -0.4 is 16.0 Å². The summed E-state index contributed by atoms with van der Waals surface area (Å²) < 4.78 is 10.3. The molecule has 12 rings (SSSR count). The standard InChI is InChI=1S/C27H27N7O3.C22H21N7O.C5H8O3/c35-25(33-11-13-34(14-12-33)26(36)24-5-3-15-37-24)23-17-18-16-19(6-7-20(18)31-23)30-27-29-10-8-22(32-27)21-4-1-2-9-28-21;30-21(29-11-9-23-10-12-29)20-14-15-13-16(4-5-17(15)27-20)26-22-25-8-6-19(28-22)18-3-1-2-7-24-18;6-5(7)4-2-1-3-8-4/h1-2,4,6-10,16-17,24,31H,3,5,11-15H2,(H,29,30,32);1-8,13-14,23,27H,9-12H2,(H,25,26,28);4H,1-3H2,(H,6,7). The fraction of sp³-hybridized carbons (Fsp3) is 0.296. The van der Waals surface area contributed by atoms with E-state index in [0.717, 1.165) is 101 Å². The van der Waals surface area contributed by atoms with Gasteiger partial charge in [0.05, 0.1) is 22.8 Å². The number of nitrogens with zero attached hydrogens (tertiary/aromatic N) is 9. The molecule has 4 aliphatic heterocycles. The zero-order valence-corrected chi connectivity index (χ0v) is 41.0. The van der Waals surface area contributed by atoms with Crippen LogP contribution in [0.3, 0.4) is 0 Å². The second-order valence-corrected chi connectivity index (χ2v) is 18.2. The molecule has 4 aliphatic rings. The largest absolute Gasteiger partial charge is 0.479 e. The highest BCUT2D eigenvalue weighted by Crippen LogP contribution is 2.26. The Bertz CT molecular complexity index is 3260. The number of hydrogen-bond acceptors (Lipinski definition) is 15. The third-order valence-electron chi connectivity index (χ3n) is 13.1. The highest BCUT2D eigenvalue weighted by atomic mass is 16.5. The number of carbonyl (C=O) groups excluding carboxylic acids is 3. The van der Waals surface area contributed by atoms with E-state index in [4.69, 9.17) is 14.6 Å². The maximum Gasteiger partial charge on any atom is 0.332 e. The lowest BCUT2D eigenvalue weighted by Gasteiger charge is -2.35. The number of rotatable bonds is 10. The van der Waals surface area contributed by atoms with Gasteiger partial charge in [-0.3, -0.25) is 24.4 Å². The normalized spacial score (nSPS) is 17.4. The van der Waals surface area contributed by atoms with E-state index < -0.39 is 12.1 Å². The van der Waals surface area contributed by atoms with Crippen molar-refractivity contribution < 1.29 is 33.8 Å². The van der Waals surface area contributed by atoms with Crippen molar-refractivity contribution in [1.82, 2.24) is 59.9 Å². The van der Waals surface area contributed by atoms with Crippen LogP contribution in [0.4, 0.5) is 23.3 Å².